The fourth-order valence-corrected chi connectivity index (χ4v) is 3.29. The van der Waals surface area contributed by atoms with Crippen molar-refractivity contribution in [3.05, 3.63) is 28.4 Å². The van der Waals surface area contributed by atoms with Crippen LogP contribution in [-0.2, 0) is 12.8 Å². The molecule has 0 atom stereocenters. The molecular formula is C13H14N4O2S. The average Bonchev–Trinajstić information content (AvgIpc) is 2.82. The number of carbonyl (C=O) groups is 1. The number of nitrogens with zero attached hydrogens (tertiary/aromatic N) is 2. The van der Waals surface area contributed by atoms with Gasteiger partial charge < -0.3 is 16.2 Å². The van der Waals surface area contributed by atoms with Gasteiger partial charge in [0, 0.05) is 4.88 Å². The van der Waals surface area contributed by atoms with Crippen molar-refractivity contribution in [1.29, 1.82) is 0 Å². The van der Waals surface area contributed by atoms with Crippen LogP contribution < -0.4 is 11.1 Å². The number of carboxylic acids is 1. The number of aromatic nitrogens is 2. The number of aryl methyl sites for hydroxylation is 2. The zero-order valence-electron chi connectivity index (χ0n) is 10.7. The van der Waals surface area contributed by atoms with Crippen LogP contribution in [0.3, 0.4) is 0 Å². The molecule has 20 heavy (non-hydrogen) atoms. The lowest BCUT2D eigenvalue weighted by atomic mass is 10.0. The van der Waals surface area contributed by atoms with Crippen LogP contribution >= 0.6 is 11.3 Å². The summed E-state index contributed by atoms with van der Waals surface area (Å²) in [5, 5.41) is 12.9. The summed E-state index contributed by atoms with van der Waals surface area (Å²) in [5.74, 6) is -0.617. The second-order valence-corrected chi connectivity index (χ2v) is 5.77. The third-order valence-corrected chi connectivity index (χ3v) is 4.32. The van der Waals surface area contributed by atoms with E-state index in [0.29, 0.717) is 5.82 Å². The van der Waals surface area contributed by atoms with Crippen molar-refractivity contribution in [2.45, 2.75) is 25.7 Å². The highest BCUT2D eigenvalue weighted by molar-refractivity contribution is 7.15. The summed E-state index contributed by atoms with van der Waals surface area (Å²) in [4.78, 5) is 21.0. The normalized spacial score (nSPS) is 13.8. The number of aromatic carboxylic acids is 1. The molecule has 1 aliphatic carbocycles. The molecule has 104 valence electrons. The number of thiazole rings is 1. The molecule has 2 heterocycles. The molecule has 0 unspecified atom stereocenters. The molecule has 4 N–H and O–H groups in total. The van der Waals surface area contributed by atoms with E-state index in [9.17, 15) is 4.79 Å². The summed E-state index contributed by atoms with van der Waals surface area (Å²) in [6, 6.07) is 1.43. The summed E-state index contributed by atoms with van der Waals surface area (Å²) in [6.45, 7) is 0. The molecule has 6 nitrogen and oxygen atoms in total. The number of nitrogen functional groups attached to an aromatic ring is 1. The Kier molecular flexibility index (Phi) is 3.27. The second kappa shape index (κ2) is 5.09. The zero-order chi connectivity index (χ0) is 14.1. The van der Waals surface area contributed by atoms with Gasteiger partial charge in [-0.1, -0.05) is 0 Å². The molecule has 0 spiro atoms. The van der Waals surface area contributed by atoms with E-state index in [1.807, 2.05) is 0 Å². The monoisotopic (exact) mass is 290 g/mol. The maximum absolute atomic E-state index is 11.0. The summed E-state index contributed by atoms with van der Waals surface area (Å²) >= 11 is 1.61. The highest BCUT2D eigenvalue weighted by Crippen LogP contribution is 2.31. The van der Waals surface area contributed by atoms with Crippen molar-refractivity contribution in [2.24, 2.45) is 0 Å². The summed E-state index contributed by atoms with van der Waals surface area (Å²) < 4.78 is 0. The summed E-state index contributed by atoms with van der Waals surface area (Å²) in [5.41, 5.74) is 6.93. The van der Waals surface area contributed by atoms with E-state index in [1.54, 1.807) is 11.3 Å². The number of rotatable bonds is 3. The summed E-state index contributed by atoms with van der Waals surface area (Å²) in [6.07, 6.45) is 5.82. The van der Waals surface area contributed by atoms with Crippen LogP contribution in [0.5, 0.6) is 0 Å². The first kappa shape index (κ1) is 12.9. The molecule has 0 fully saturated rings. The van der Waals surface area contributed by atoms with E-state index in [0.717, 1.165) is 23.7 Å². The fourth-order valence-electron chi connectivity index (χ4n) is 2.23. The molecule has 0 amide bonds. The third kappa shape index (κ3) is 2.44. The van der Waals surface area contributed by atoms with Gasteiger partial charge >= 0.3 is 5.97 Å². The lowest BCUT2D eigenvalue weighted by molar-refractivity contribution is 0.0698. The number of hydrogen-bond acceptors (Lipinski definition) is 6. The Morgan fingerprint density at radius 1 is 1.40 bits per heavy atom. The van der Waals surface area contributed by atoms with Gasteiger partial charge in [-0.15, -0.1) is 11.3 Å². The summed E-state index contributed by atoms with van der Waals surface area (Å²) in [7, 11) is 0. The second-order valence-electron chi connectivity index (χ2n) is 4.68. The van der Waals surface area contributed by atoms with Gasteiger partial charge in [0.05, 0.1) is 23.1 Å². The quantitative estimate of drug-likeness (QED) is 0.802. The van der Waals surface area contributed by atoms with E-state index < -0.39 is 5.97 Å². The molecule has 0 bridgehead atoms. The van der Waals surface area contributed by atoms with Crippen molar-refractivity contribution in [1.82, 2.24) is 9.97 Å². The van der Waals surface area contributed by atoms with Crippen molar-refractivity contribution in [2.75, 3.05) is 11.1 Å². The van der Waals surface area contributed by atoms with Crippen LogP contribution in [0.2, 0.25) is 0 Å². The first-order chi connectivity index (χ1) is 9.63. The van der Waals surface area contributed by atoms with Crippen LogP contribution in [0, 0.1) is 0 Å². The fraction of sp³-hybridized carbons (Fsp3) is 0.308. The minimum atomic E-state index is -1.06. The molecule has 1 aliphatic rings. The minimum Gasteiger partial charge on any atom is -0.478 e. The maximum Gasteiger partial charge on any atom is 0.337 e. The van der Waals surface area contributed by atoms with Crippen LogP contribution in [0.25, 0.3) is 0 Å². The van der Waals surface area contributed by atoms with Gasteiger partial charge in [0.15, 0.2) is 5.13 Å². The van der Waals surface area contributed by atoms with Crippen LogP contribution in [0.1, 0.15) is 33.8 Å². The SMILES string of the molecule is Nc1cnc(Nc2nc3c(s2)CCCC3)cc1C(=O)O. The third-order valence-electron chi connectivity index (χ3n) is 3.25. The van der Waals surface area contributed by atoms with Gasteiger partial charge in [-0.25, -0.2) is 14.8 Å². The van der Waals surface area contributed by atoms with E-state index in [-0.39, 0.29) is 11.3 Å². The molecule has 2 aromatic rings. The number of pyridine rings is 1. The zero-order valence-corrected chi connectivity index (χ0v) is 11.5. The molecule has 0 aliphatic heterocycles. The smallest absolute Gasteiger partial charge is 0.337 e. The van der Waals surface area contributed by atoms with Crippen molar-refractivity contribution < 1.29 is 9.90 Å². The maximum atomic E-state index is 11.0. The predicted octanol–water partition coefficient (Wildman–Crippen LogP) is 2.44. The molecule has 2 aromatic heterocycles. The Balaban J connectivity index is 1.86. The largest absolute Gasteiger partial charge is 0.478 e. The Morgan fingerprint density at radius 2 is 2.20 bits per heavy atom. The number of hydrogen-bond donors (Lipinski definition) is 3. The predicted molar refractivity (Wildman–Crippen MR) is 77.6 cm³/mol. The molecule has 7 heteroatoms. The van der Waals surface area contributed by atoms with Gasteiger partial charge in [0.25, 0.3) is 0 Å². The van der Waals surface area contributed by atoms with E-state index in [4.69, 9.17) is 10.8 Å². The Bertz CT molecular complexity index is 645. The van der Waals surface area contributed by atoms with Crippen LogP contribution in [0.15, 0.2) is 12.3 Å². The highest BCUT2D eigenvalue weighted by atomic mass is 32.1. The van der Waals surface area contributed by atoms with E-state index in [2.05, 4.69) is 15.3 Å². The lowest BCUT2D eigenvalue weighted by Gasteiger charge is -2.06. The Morgan fingerprint density at radius 3 is 2.95 bits per heavy atom. The number of nitrogens with two attached hydrogens (primary N) is 1. The number of anilines is 3. The van der Waals surface area contributed by atoms with Crippen molar-refractivity contribution in [3.8, 4) is 0 Å². The van der Waals surface area contributed by atoms with Crippen LogP contribution in [-0.4, -0.2) is 21.0 Å². The standard InChI is InChI=1S/C13H14N4O2S/c14-8-6-15-11(5-7(8)12(18)19)17-13-16-9-3-1-2-4-10(9)20-13/h5-6H,1-4,14H2,(H,18,19)(H,15,16,17). The molecular weight excluding hydrogens is 276 g/mol. The van der Waals surface area contributed by atoms with Crippen molar-refractivity contribution >= 4 is 33.9 Å². The first-order valence-corrected chi connectivity index (χ1v) is 7.19. The number of carboxylic acid groups (broad SMARTS) is 1. The van der Waals surface area contributed by atoms with Gasteiger partial charge in [-0.2, -0.15) is 0 Å². The highest BCUT2D eigenvalue weighted by Gasteiger charge is 2.16. The molecule has 0 aromatic carbocycles. The van der Waals surface area contributed by atoms with Gasteiger partial charge in [-0.05, 0) is 31.7 Å². The molecule has 0 radical (unpaired) electrons. The minimum absolute atomic E-state index is 0.0452. The lowest BCUT2D eigenvalue weighted by Crippen LogP contribution is -2.05. The van der Waals surface area contributed by atoms with Gasteiger partial charge in [-0.3, -0.25) is 0 Å². The molecule has 3 rings (SSSR count). The Labute approximate surface area is 119 Å². The molecule has 0 saturated carbocycles. The average molecular weight is 290 g/mol. The van der Waals surface area contributed by atoms with Crippen LogP contribution in [0.4, 0.5) is 16.6 Å². The van der Waals surface area contributed by atoms with Gasteiger partial charge in [0.1, 0.15) is 5.82 Å². The number of fused-ring (bicyclic) bond motifs is 1. The van der Waals surface area contributed by atoms with E-state index in [1.165, 1.54) is 30.0 Å². The Hall–Kier alpha value is -2.15. The van der Waals surface area contributed by atoms with Gasteiger partial charge in [0.2, 0.25) is 0 Å². The number of nitrogens with one attached hydrogen (secondary N) is 1. The molecule has 0 saturated heterocycles. The van der Waals surface area contributed by atoms with E-state index >= 15 is 0 Å². The topological polar surface area (TPSA) is 101 Å². The van der Waals surface area contributed by atoms with Crippen molar-refractivity contribution in [3.63, 3.8) is 0 Å². The first-order valence-electron chi connectivity index (χ1n) is 6.38.